The van der Waals surface area contributed by atoms with E-state index in [1.54, 1.807) is 31.2 Å². The summed E-state index contributed by atoms with van der Waals surface area (Å²) in [6.07, 6.45) is 0.374. The lowest BCUT2D eigenvalue weighted by atomic mass is 10.2. The van der Waals surface area contributed by atoms with Gasteiger partial charge in [0.1, 0.15) is 0 Å². The number of hydrogen-bond acceptors (Lipinski definition) is 6. The predicted octanol–water partition coefficient (Wildman–Crippen LogP) is 4.19. The number of hydrogen-bond donors (Lipinski definition) is 1. The van der Waals surface area contributed by atoms with E-state index in [1.807, 2.05) is 0 Å². The molecule has 3 aromatic rings. The number of anilines is 1. The summed E-state index contributed by atoms with van der Waals surface area (Å²) in [6.45, 7) is -1.24. The molecule has 0 saturated carbocycles. The van der Waals surface area contributed by atoms with E-state index in [4.69, 9.17) is 16.3 Å². The van der Waals surface area contributed by atoms with Crippen molar-refractivity contribution in [2.45, 2.75) is 26.0 Å². The first-order chi connectivity index (χ1) is 14.4. The van der Waals surface area contributed by atoms with E-state index < -0.39 is 18.6 Å². The zero-order valence-corrected chi connectivity index (χ0v) is 16.8. The van der Waals surface area contributed by atoms with Gasteiger partial charge in [0.25, 0.3) is 5.91 Å². The highest BCUT2D eigenvalue weighted by molar-refractivity contribution is 6.30. The number of alkyl halides is 2. The summed E-state index contributed by atoms with van der Waals surface area (Å²) in [7, 11) is 1.33. The van der Waals surface area contributed by atoms with Crippen molar-refractivity contribution in [1.29, 1.82) is 0 Å². The fraction of sp³-hybridized carbons (Fsp3) is 0.263. The molecule has 158 valence electrons. The van der Waals surface area contributed by atoms with Crippen molar-refractivity contribution in [1.82, 2.24) is 20.2 Å². The topological polar surface area (TPSA) is 91.2 Å². The number of nitrogens with zero attached hydrogens (tertiary/aromatic N) is 4. The molecule has 30 heavy (non-hydrogen) atoms. The van der Waals surface area contributed by atoms with Crippen molar-refractivity contribution in [3.63, 3.8) is 0 Å². The molecule has 0 saturated heterocycles. The Kier molecular flexibility index (Phi) is 6.78. The Hall–Kier alpha value is -3.27. The summed E-state index contributed by atoms with van der Waals surface area (Å²) in [5.41, 5.74) is 0.956. The van der Waals surface area contributed by atoms with Gasteiger partial charge in [-0.1, -0.05) is 18.5 Å². The van der Waals surface area contributed by atoms with E-state index in [9.17, 15) is 13.6 Å². The van der Waals surface area contributed by atoms with Crippen molar-refractivity contribution in [3.05, 3.63) is 47.5 Å². The normalized spacial score (nSPS) is 11.9. The summed E-state index contributed by atoms with van der Waals surface area (Å²) in [4.78, 5) is 14.0. The summed E-state index contributed by atoms with van der Waals surface area (Å²) < 4.78 is 34.6. The minimum Gasteiger partial charge on any atom is -0.493 e. The third-order valence-electron chi connectivity index (χ3n) is 4.15. The molecular weight excluding hydrogens is 420 g/mol. The highest BCUT2D eigenvalue weighted by Gasteiger charge is 2.23. The van der Waals surface area contributed by atoms with Crippen LogP contribution in [-0.2, 0) is 4.79 Å². The molecule has 2 aromatic carbocycles. The molecule has 11 heteroatoms. The third kappa shape index (κ3) is 5.01. The van der Waals surface area contributed by atoms with Crippen molar-refractivity contribution in [2.24, 2.45) is 0 Å². The second kappa shape index (κ2) is 9.49. The number of rotatable bonds is 8. The molecule has 1 atom stereocenters. The van der Waals surface area contributed by atoms with Gasteiger partial charge in [-0.15, -0.1) is 10.2 Å². The Bertz CT molecular complexity index is 1010. The van der Waals surface area contributed by atoms with E-state index in [-0.39, 0.29) is 17.2 Å². The van der Waals surface area contributed by atoms with Crippen molar-refractivity contribution >= 4 is 23.2 Å². The van der Waals surface area contributed by atoms with E-state index in [0.717, 1.165) is 0 Å². The molecule has 1 aromatic heterocycles. The van der Waals surface area contributed by atoms with Crippen LogP contribution in [0.1, 0.15) is 19.4 Å². The fourth-order valence-electron chi connectivity index (χ4n) is 2.69. The van der Waals surface area contributed by atoms with Crippen LogP contribution in [0.25, 0.3) is 11.4 Å². The van der Waals surface area contributed by atoms with E-state index in [0.29, 0.717) is 22.8 Å². The van der Waals surface area contributed by atoms with Crippen LogP contribution in [0.5, 0.6) is 11.5 Å². The molecule has 0 radical (unpaired) electrons. The summed E-state index contributed by atoms with van der Waals surface area (Å²) >= 11 is 5.88. The molecule has 0 bridgehead atoms. The largest absolute Gasteiger partial charge is 0.493 e. The van der Waals surface area contributed by atoms with Gasteiger partial charge >= 0.3 is 6.61 Å². The highest BCUT2D eigenvalue weighted by Crippen LogP contribution is 2.32. The first-order valence-corrected chi connectivity index (χ1v) is 9.28. The van der Waals surface area contributed by atoms with Gasteiger partial charge in [-0.25, -0.2) is 0 Å². The number of halogens is 3. The maximum Gasteiger partial charge on any atom is 0.387 e. The monoisotopic (exact) mass is 437 g/mol. The van der Waals surface area contributed by atoms with Gasteiger partial charge in [-0.2, -0.15) is 13.6 Å². The standard InChI is InChI=1S/C19H18ClF2N5O3/c1-3-14(27-25-17(24-26-27)11-4-6-12(20)7-5-11)18(28)23-13-8-9-15(29-2)16(10-13)30-19(21)22/h4-10,14,19H,3H2,1-2H3,(H,23,28). The zero-order chi connectivity index (χ0) is 21.7. The second-order valence-corrected chi connectivity index (χ2v) is 6.53. The number of ether oxygens (including phenoxy) is 2. The molecule has 1 N–H and O–H groups in total. The quantitative estimate of drug-likeness (QED) is 0.568. The lowest BCUT2D eigenvalue weighted by Crippen LogP contribution is -2.27. The number of tetrazole rings is 1. The lowest BCUT2D eigenvalue weighted by Gasteiger charge is -2.15. The molecule has 0 fully saturated rings. The Morgan fingerprint density at radius 3 is 2.57 bits per heavy atom. The van der Waals surface area contributed by atoms with Crippen molar-refractivity contribution in [3.8, 4) is 22.9 Å². The smallest absolute Gasteiger partial charge is 0.387 e. The first kappa shape index (κ1) is 21.4. The van der Waals surface area contributed by atoms with Crippen LogP contribution < -0.4 is 14.8 Å². The number of benzene rings is 2. The van der Waals surface area contributed by atoms with Gasteiger partial charge in [0.2, 0.25) is 5.82 Å². The number of nitrogens with one attached hydrogen (secondary N) is 1. The Balaban J connectivity index is 1.78. The van der Waals surface area contributed by atoms with Crippen molar-refractivity contribution < 1.29 is 23.0 Å². The molecule has 3 rings (SSSR count). The molecule has 0 aliphatic rings. The highest BCUT2D eigenvalue weighted by atomic mass is 35.5. The number of carbonyl (C=O) groups excluding carboxylic acids is 1. The van der Waals surface area contributed by atoms with Crippen LogP contribution >= 0.6 is 11.6 Å². The van der Waals surface area contributed by atoms with Crippen LogP contribution in [-0.4, -0.2) is 39.8 Å². The van der Waals surface area contributed by atoms with Crippen LogP contribution in [0.2, 0.25) is 5.02 Å². The van der Waals surface area contributed by atoms with Crippen molar-refractivity contribution in [2.75, 3.05) is 12.4 Å². The second-order valence-electron chi connectivity index (χ2n) is 6.10. The van der Waals surface area contributed by atoms with Gasteiger partial charge in [0, 0.05) is 22.3 Å². The van der Waals surface area contributed by atoms with E-state index in [2.05, 4.69) is 25.5 Å². The molecule has 1 amide bonds. The molecule has 0 aliphatic carbocycles. The van der Waals surface area contributed by atoms with Crippen LogP contribution in [0.4, 0.5) is 14.5 Å². The number of amides is 1. The van der Waals surface area contributed by atoms with Crippen LogP contribution in [0.3, 0.4) is 0 Å². The Labute approximate surface area is 175 Å². The maximum atomic E-state index is 12.7. The number of aromatic nitrogens is 4. The molecule has 0 spiro atoms. The molecule has 0 aliphatic heterocycles. The Morgan fingerprint density at radius 1 is 1.20 bits per heavy atom. The van der Waals surface area contributed by atoms with E-state index in [1.165, 1.54) is 30.1 Å². The number of methoxy groups -OCH3 is 1. The minimum absolute atomic E-state index is 0.117. The average molecular weight is 438 g/mol. The predicted molar refractivity (Wildman–Crippen MR) is 106 cm³/mol. The Morgan fingerprint density at radius 2 is 1.93 bits per heavy atom. The number of carbonyl (C=O) groups is 1. The van der Waals surface area contributed by atoms with E-state index >= 15 is 0 Å². The third-order valence-corrected chi connectivity index (χ3v) is 4.40. The lowest BCUT2D eigenvalue weighted by molar-refractivity contribution is -0.119. The van der Waals surface area contributed by atoms with Gasteiger partial charge in [0.05, 0.1) is 7.11 Å². The summed E-state index contributed by atoms with van der Waals surface area (Å²) in [6, 6.07) is 10.3. The SMILES string of the molecule is CCC(C(=O)Nc1ccc(OC)c(OC(F)F)c1)n1nnc(-c2ccc(Cl)cc2)n1. The maximum absolute atomic E-state index is 12.7. The minimum atomic E-state index is -3.03. The molecule has 1 heterocycles. The van der Waals surface area contributed by atoms with Gasteiger partial charge in [0.15, 0.2) is 17.5 Å². The molecule has 1 unspecified atom stereocenters. The van der Waals surface area contributed by atoms with Crippen LogP contribution in [0.15, 0.2) is 42.5 Å². The molecular formula is C19H18ClF2N5O3. The zero-order valence-electron chi connectivity index (χ0n) is 16.1. The molecule has 8 nitrogen and oxygen atoms in total. The fourth-order valence-corrected chi connectivity index (χ4v) is 2.82. The van der Waals surface area contributed by atoms with Gasteiger partial charge in [-0.3, -0.25) is 4.79 Å². The summed E-state index contributed by atoms with van der Waals surface area (Å²) in [5.74, 6) is -0.172. The average Bonchev–Trinajstić information content (AvgIpc) is 3.18. The van der Waals surface area contributed by atoms with Gasteiger partial charge in [-0.05, 0) is 48.0 Å². The first-order valence-electron chi connectivity index (χ1n) is 8.90. The van der Waals surface area contributed by atoms with Crippen LogP contribution in [0, 0.1) is 0 Å². The van der Waals surface area contributed by atoms with Gasteiger partial charge < -0.3 is 14.8 Å². The summed E-state index contributed by atoms with van der Waals surface area (Å²) in [5, 5.41) is 15.5.